The van der Waals surface area contributed by atoms with Crippen molar-refractivity contribution in [2.45, 2.75) is 44.8 Å². The summed E-state index contributed by atoms with van der Waals surface area (Å²) in [5.41, 5.74) is 0. The third-order valence-electron chi connectivity index (χ3n) is 3.25. The van der Waals surface area contributed by atoms with Gasteiger partial charge in [0, 0.05) is 14.2 Å². The Bertz CT molecular complexity index is 239. The Morgan fingerprint density at radius 3 is 2.56 bits per heavy atom. The van der Waals surface area contributed by atoms with E-state index in [1.54, 1.807) is 0 Å². The Kier molecular flexibility index (Phi) is 5.98. The first-order valence-corrected chi connectivity index (χ1v) is 7.74. The van der Waals surface area contributed by atoms with Crippen LogP contribution in [-0.2, 0) is 13.6 Å². The van der Waals surface area contributed by atoms with E-state index in [0.717, 1.165) is 25.9 Å². The van der Waals surface area contributed by atoms with Crippen molar-refractivity contribution in [1.29, 1.82) is 0 Å². The molecule has 0 spiro atoms. The normalized spacial score (nSPS) is 22.8. The van der Waals surface area contributed by atoms with Gasteiger partial charge < -0.3 is 9.05 Å². The lowest BCUT2D eigenvalue weighted by atomic mass is 10.2. The van der Waals surface area contributed by atoms with Gasteiger partial charge in [0.15, 0.2) is 0 Å². The molecule has 1 atom stereocenters. The van der Waals surface area contributed by atoms with E-state index in [0.29, 0.717) is 0 Å². The van der Waals surface area contributed by atoms with Crippen LogP contribution in [0.15, 0.2) is 0 Å². The van der Waals surface area contributed by atoms with E-state index in [2.05, 4.69) is 11.8 Å². The fourth-order valence-electron chi connectivity index (χ4n) is 2.31. The first-order chi connectivity index (χ1) is 7.68. The second-order valence-corrected chi connectivity index (χ2v) is 6.68. The van der Waals surface area contributed by atoms with Gasteiger partial charge in [-0.05, 0) is 32.4 Å². The van der Waals surface area contributed by atoms with Crippen LogP contribution in [0.25, 0.3) is 0 Å². The van der Waals surface area contributed by atoms with Crippen molar-refractivity contribution in [3.8, 4) is 0 Å². The zero-order valence-electron chi connectivity index (χ0n) is 10.6. The highest BCUT2D eigenvalue weighted by Crippen LogP contribution is 2.56. The number of hydrogen-bond acceptors (Lipinski definition) is 4. The molecule has 1 rings (SSSR count). The maximum absolute atomic E-state index is 12.3. The molecule has 0 aromatic heterocycles. The Hall–Kier alpha value is 0.110. The molecule has 0 aliphatic carbocycles. The van der Waals surface area contributed by atoms with Gasteiger partial charge in [0.05, 0.1) is 0 Å². The third kappa shape index (κ3) is 3.30. The molecule has 1 fully saturated rings. The van der Waals surface area contributed by atoms with Crippen molar-refractivity contribution >= 4 is 7.60 Å². The maximum Gasteiger partial charge on any atom is 0.347 e. The Balaban J connectivity index is 2.54. The topological polar surface area (TPSA) is 38.8 Å². The van der Waals surface area contributed by atoms with Crippen molar-refractivity contribution in [2.24, 2.45) is 0 Å². The number of hydrogen-bond donors (Lipinski definition) is 0. The molecule has 4 nitrogen and oxygen atoms in total. The van der Waals surface area contributed by atoms with Crippen LogP contribution in [0.4, 0.5) is 0 Å². The molecule has 0 saturated carbocycles. The van der Waals surface area contributed by atoms with E-state index in [1.807, 2.05) is 0 Å². The van der Waals surface area contributed by atoms with Crippen LogP contribution in [0, 0.1) is 0 Å². The average molecular weight is 249 g/mol. The molecule has 1 saturated heterocycles. The summed E-state index contributed by atoms with van der Waals surface area (Å²) >= 11 is 0. The van der Waals surface area contributed by atoms with Gasteiger partial charge in [-0.1, -0.05) is 19.8 Å². The van der Waals surface area contributed by atoms with Gasteiger partial charge in [-0.2, -0.15) is 0 Å². The first-order valence-electron chi connectivity index (χ1n) is 6.13. The highest BCUT2D eigenvalue weighted by atomic mass is 31.2. The van der Waals surface area contributed by atoms with E-state index in [1.165, 1.54) is 33.5 Å². The zero-order chi connectivity index (χ0) is 12.0. The van der Waals surface area contributed by atoms with Crippen molar-refractivity contribution in [1.82, 2.24) is 4.90 Å². The summed E-state index contributed by atoms with van der Waals surface area (Å²) < 4.78 is 22.5. The van der Waals surface area contributed by atoms with Crippen molar-refractivity contribution in [3.63, 3.8) is 0 Å². The second-order valence-electron chi connectivity index (χ2n) is 4.27. The van der Waals surface area contributed by atoms with Crippen LogP contribution in [0.2, 0.25) is 0 Å². The second kappa shape index (κ2) is 6.75. The fraction of sp³-hybridized carbons (Fsp3) is 1.00. The third-order valence-corrected chi connectivity index (χ3v) is 5.58. The summed E-state index contributed by atoms with van der Waals surface area (Å²) in [4.78, 5) is 2.27. The quantitative estimate of drug-likeness (QED) is 0.513. The Morgan fingerprint density at radius 1 is 1.31 bits per heavy atom. The standard InChI is InChI=1S/C11H24NO3P/c1-4-5-6-9-12-10-7-8-11(12)16(13,14-2)15-3/h11H,4-10H2,1-3H3. The Labute approximate surface area is 98.8 Å². The summed E-state index contributed by atoms with van der Waals surface area (Å²) in [6, 6.07) is 0. The molecule has 1 unspecified atom stereocenters. The molecule has 96 valence electrons. The van der Waals surface area contributed by atoms with E-state index >= 15 is 0 Å². The molecule has 0 aromatic carbocycles. The van der Waals surface area contributed by atoms with E-state index in [-0.39, 0.29) is 5.78 Å². The van der Waals surface area contributed by atoms with Gasteiger partial charge in [0.1, 0.15) is 5.78 Å². The van der Waals surface area contributed by atoms with Crippen LogP contribution >= 0.6 is 7.60 Å². The molecule has 0 amide bonds. The number of rotatable bonds is 7. The Morgan fingerprint density at radius 2 is 2.00 bits per heavy atom. The highest BCUT2D eigenvalue weighted by molar-refractivity contribution is 7.54. The maximum atomic E-state index is 12.3. The monoisotopic (exact) mass is 249 g/mol. The van der Waals surface area contributed by atoms with E-state index in [4.69, 9.17) is 9.05 Å². The predicted octanol–water partition coefficient (Wildman–Crippen LogP) is 3.08. The molecule has 0 N–H and O–H groups in total. The number of nitrogens with zero attached hydrogens (tertiary/aromatic N) is 1. The summed E-state index contributed by atoms with van der Waals surface area (Å²) in [5, 5.41) is 0. The van der Waals surface area contributed by atoms with Crippen LogP contribution in [-0.4, -0.2) is 38.0 Å². The smallest absolute Gasteiger partial charge is 0.311 e. The van der Waals surface area contributed by atoms with E-state index < -0.39 is 7.60 Å². The molecule has 16 heavy (non-hydrogen) atoms. The van der Waals surface area contributed by atoms with Gasteiger partial charge in [-0.3, -0.25) is 9.46 Å². The molecule has 0 radical (unpaired) electrons. The van der Waals surface area contributed by atoms with Gasteiger partial charge in [0.25, 0.3) is 0 Å². The zero-order valence-corrected chi connectivity index (χ0v) is 11.5. The summed E-state index contributed by atoms with van der Waals surface area (Å²) in [6.45, 7) is 4.22. The van der Waals surface area contributed by atoms with Crippen LogP contribution in [0.5, 0.6) is 0 Å². The first kappa shape index (κ1) is 14.2. The average Bonchev–Trinajstić information content (AvgIpc) is 2.77. The number of likely N-dealkylation sites (tertiary alicyclic amines) is 1. The minimum absolute atomic E-state index is 0.0284. The van der Waals surface area contributed by atoms with Gasteiger partial charge in [0.2, 0.25) is 0 Å². The molecule has 0 bridgehead atoms. The van der Waals surface area contributed by atoms with E-state index in [9.17, 15) is 4.57 Å². The van der Waals surface area contributed by atoms with Crippen molar-refractivity contribution < 1.29 is 13.6 Å². The minimum atomic E-state index is -2.91. The summed E-state index contributed by atoms with van der Waals surface area (Å²) in [6.07, 6.45) is 5.62. The molecule has 1 aliphatic heterocycles. The molecular weight excluding hydrogens is 225 g/mol. The van der Waals surface area contributed by atoms with Crippen molar-refractivity contribution in [2.75, 3.05) is 27.3 Å². The van der Waals surface area contributed by atoms with Gasteiger partial charge in [-0.25, -0.2) is 0 Å². The summed E-state index contributed by atoms with van der Waals surface area (Å²) in [5.74, 6) is -0.0284. The minimum Gasteiger partial charge on any atom is -0.311 e. The number of unbranched alkanes of at least 4 members (excludes halogenated alkanes) is 2. The fourth-order valence-corrected chi connectivity index (χ4v) is 4.08. The molecule has 0 aromatic rings. The SMILES string of the molecule is CCCCCN1CCCC1P(=O)(OC)OC. The van der Waals surface area contributed by atoms with Crippen LogP contribution in [0.1, 0.15) is 39.0 Å². The summed E-state index contributed by atoms with van der Waals surface area (Å²) in [7, 11) is 0.0503. The van der Waals surface area contributed by atoms with Crippen LogP contribution < -0.4 is 0 Å². The van der Waals surface area contributed by atoms with Crippen molar-refractivity contribution in [3.05, 3.63) is 0 Å². The highest BCUT2D eigenvalue weighted by Gasteiger charge is 2.40. The lowest BCUT2D eigenvalue weighted by molar-refractivity contribution is 0.215. The molecule has 1 aliphatic rings. The molecule has 5 heteroatoms. The van der Waals surface area contributed by atoms with Crippen LogP contribution in [0.3, 0.4) is 0 Å². The van der Waals surface area contributed by atoms with Gasteiger partial charge >= 0.3 is 7.60 Å². The largest absolute Gasteiger partial charge is 0.347 e. The predicted molar refractivity (Wildman–Crippen MR) is 65.7 cm³/mol. The van der Waals surface area contributed by atoms with Gasteiger partial charge in [-0.15, -0.1) is 0 Å². The lowest BCUT2D eigenvalue weighted by Crippen LogP contribution is -2.31. The molecular formula is C11H24NO3P. The molecule has 1 heterocycles. The lowest BCUT2D eigenvalue weighted by Gasteiger charge is -2.28.